The van der Waals surface area contributed by atoms with E-state index in [-0.39, 0.29) is 34.5 Å². The first-order valence-corrected chi connectivity index (χ1v) is 21.3. The maximum absolute atomic E-state index is 13.2. The Balaban J connectivity index is 0.862. The van der Waals surface area contributed by atoms with Crippen LogP contribution < -0.4 is 21.6 Å². The number of ether oxygens (including phenoxy) is 1. The zero-order valence-electron chi connectivity index (χ0n) is 35.2. The molecular formula is C54H44O10. The lowest BCUT2D eigenvalue weighted by atomic mass is 9.98. The monoisotopic (exact) mass is 852 g/mol. The highest BCUT2D eigenvalue weighted by Crippen LogP contribution is 2.35. The summed E-state index contributed by atoms with van der Waals surface area (Å²) in [7, 11) is 0. The van der Waals surface area contributed by atoms with Crippen molar-refractivity contribution in [2.45, 2.75) is 58.5 Å². The molecule has 1 atom stereocenters. The SMILES string of the molecule is CCc1ccccc1-c1cc2cc(O)c(OC(C)CCc3cccc(-c4cc5cc(CCCc6cccc(-c7cc8ccc(O)cc8c(=O)o7)c6)c(O)cc5c(=O)o4)c3)cc2c(=O)o1. The van der Waals surface area contributed by atoms with Gasteiger partial charge in [0.2, 0.25) is 0 Å². The van der Waals surface area contributed by atoms with E-state index in [9.17, 15) is 29.7 Å². The summed E-state index contributed by atoms with van der Waals surface area (Å²) in [6.07, 6.45) is 3.59. The second kappa shape index (κ2) is 17.5. The summed E-state index contributed by atoms with van der Waals surface area (Å²) < 4.78 is 23.2. The van der Waals surface area contributed by atoms with E-state index >= 15 is 0 Å². The van der Waals surface area contributed by atoms with Crippen molar-refractivity contribution in [3.63, 3.8) is 0 Å². The molecule has 3 aromatic heterocycles. The fourth-order valence-electron chi connectivity index (χ4n) is 8.32. The van der Waals surface area contributed by atoms with Crippen LogP contribution in [-0.4, -0.2) is 21.4 Å². The lowest BCUT2D eigenvalue weighted by Crippen LogP contribution is -2.13. The summed E-state index contributed by atoms with van der Waals surface area (Å²) >= 11 is 0. The van der Waals surface area contributed by atoms with Crippen LogP contribution in [0.4, 0.5) is 0 Å². The second-order valence-electron chi connectivity index (χ2n) is 16.2. The van der Waals surface area contributed by atoms with Gasteiger partial charge in [0.1, 0.15) is 28.8 Å². The zero-order chi connectivity index (χ0) is 44.5. The number of rotatable bonds is 13. The maximum atomic E-state index is 13.2. The molecule has 1 unspecified atom stereocenters. The highest BCUT2D eigenvalue weighted by Gasteiger charge is 2.17. The molecule has 9 aromatic rings. The standard InChI is InChI=1S/C54H44O10/c1-3-34-12-4-5-16-42(34)50-27-40-24-47(57)51(30-45(40)54(60)64-50)61-31(2)17-18-33-11-8-15-38(22-33)49-26-39-23-36(46(56)29-44(39)53(59)63-49)13-6-9-32-10-7-14-37(21-32)48-25-35-19-20-41(55)28-43(35)52(58)62-48/h4-5,7-8,10-12,14-16,19-31,55-57H,3,6,9,13,17-18H2,1-2H3. The molecule has 0 aliphatic carbocycles. The smallest absolute Gasteiger partial charge is 0.344 e. The van der Waals surface area contributed by atoms with Gasteiger partial charge in [0, 0.05) is 16.7 Å². The number of hydrogen-bond acceptors (Lipinski definition) is 10. The Hall–Kier alpha value is -7.85. The van der Waals surface area contributed by atoms with Gasteiger partial charge in [-0.3, -0.25) is 0 Å². The van der Waals surface area contributed by atoms with Gasteiger partial charge in [0.15, 0.2) is 11.5 Å². The van der Waals surface area contributed by atoms with Gasteiger partial charge in [-0.05, 0) is 151 Å². The Kier molecular flexibility index (Phi) is 11.3. The van der Waals surface area contributed by atoms with Crippen molar-refractivity contribution in [3.8, 4) is 57.0 Å². The first kappa shape index (κ1) is 41.5. The molecule has 10 nitrogen and oxygen atoms in total. The third-order valence-electron chi connectivity index (χ3n) is 11.7. The van der Waals surface area contributed by atoms with Crippen molar-refractivity contribution < 1.29 is 33.3 Å². The molecule has 3 N–H and O–H groups in total. The summed E-state index contributed by atoms with van der Waals surface area (Å²) in [6.45, 7) is 3.94. The molecule has 0 aliphatic rings. The fraction of sp³-hybridized carbons (Fsp3) is 0.167. The van der Waals surface area contributed by atoms with E-state index in [1.807, 2.05) is 98.8 Å². The summed E-state index contributed by atoms with van der Waals surface area (Å²) in [5.41, 5.74) is 4.49. The van der Waals surface area contributed by atoms with Gasteiger partial charge in [-0.15, -0.1) is 0 Å². The van der Waals surface area contributed by atoms with Crippen LogP contribution in [0.1, 0.15) is 48.9 Å². The second-order valence-corrected chi connectivity index (χ2v) is 16.2. The van der Waals surface area contributed by atoms with Gasteiger partial charge >= 0.3 is 16.9 Å². The van der Waals surface area contributed by atoms with Crippen molar-refractivity contribution >= 4 is 32.3 Å². The number of hydrogen-bond donors (Lipinski definition) is 3. The summed E-state index contributed by atoms with van der Waals surface area (Å²) in [4.78, 5) is 39.0. The highest BCUT2D eigenvalue weighted by molar-refractivity contribution is 5.89. The van der Waals surface area contributed by atoms with Crippen LogP contribution in [-0.2, 0) is 25.7 Å². The normalized spacial score (nSPS) is 12.0. The van der Waals surface area contributed by atoms with Crippen molar-refractivity contribution in [1.82, 2.24) is 0 Å². The average molecular weight is 853 g/mol. The molecule has 0 fully saturated rings. The molecule has 9 rings (SSSR count). The van der Waals surface area contributed by atoms with Gasteiger partial charge in [-0.2, -0.15) is 0 Å². The molecule has 64 heavy (non-hydrogen) atoms. The van der Waals surface area contributed by atoms with Crippen molar-refractivity contribution in [3.05, 3.63) is 187 Å². The lowest BCUT2D eigenvalue weighted by molar-refractivity contribution is 0.203. The van der Waals surface area contributed by atoms with Crippen LogP contribution in [0.5, 0.6) is 23.0 Å². The minimum absolute atomic E-state index is 0.00292. The molecule has 320 valence electrons. The number of phenolic OH excluding ortho intramolecular Hbond substituents is 3. The third-order valence-corrected chi connectivity index (χ3v) is 11.7. The molecule has 3 heterocycles. The largest absolute Gasteiger partial charge is 0.508 e. The predicted molar refractivity (Wildman–Crippen MR) is 249 cm³/mol. The van der Waals surface area contributed by atoms with Crippen LogP contribution in [0.3, 0.4) is 0 Å². The first-order chi connectivity index (χ1) is 31.0. The van der Waals surface area contributed by atoms with Gasteiger partial charge in [0.25, 0.3) is 0 Å². The Morgan fingerprint density at radius 3 is 1.86 bits per heavy atom. The first-order valence-electron chi connectivity index (χ1n) is 21.3. The van der Waals surface area contributed by atoms with Gasteiger partial charge < -0.3 is 33.3 Å². The Bertz CT molecular complexity index is 3410. The molecular weight excluding hydrogens is 809 g/mol. The van der Waals surface area contributed by atoms with E-state index in [0.717, 1.165) is 39.8 Å². The summed E-state index contributed by atoms with van der Waals surface area (Å²) in [6, 6.07) is 39.6. The maximum Gasteiger partial charge on any atom is 0.344 e. The van der Waals surface area contributed by atoms with Gasteiger partial charge in [-0.1, -0.05) is 73.7 Å². The van der Waals surface area contributed by atoms with Crippen LogP contribution in [0, 0.1) is 0 Å². The molecule has 0 bridgehead atoms. The van der Waals surface area contributed by atoms with Crippen molar-refractivity contribution in [2.75, 3.05) is 0 Å². The highest BCUT2D eigenvalue weighted by atomic mass is 16.5. The van der Waals surface area contributed by atoms with Crippen molar-refractivity contribution in [2.24, 2.45) is 0 Å². The van der Waals surface area contributed by atoms with E-state index in [4.69, 9.17) is 18.0 Å². The van der Waals surface area contributed by atoms with E-state index < -0.39 is 16.9 Å². The number of fused-ring (bicyclic) bond motifs is 3. The minimum atomic E-state index is -0.554. The van der Waals surface area contributed by atoms with E-state index in [0.29, 0.717) is 81.9 Å². The quantitative estimate of drug-likeness (QED) is 0.102. The molecule has 0 amide bonds. The Morgan fingerprint density at radius 2 is 1.14 bits per heavy atom. The van der Waals surface area contributed by atoms with Crippen molar-refractivity contribution in [1.29, 1.82) is 0 Å². The fourth-order valence-corrected chi connectivity index (χ4v) is 8.32. The molecule has 10 heteroatoms. The summed E-state index contributed by atoms with van der Waals surface area (Å²) in [5.74, 6) is 1.41. The number of aromatic hydroxyl groups is 3. The topological polar surface area (TPSA) is 161 Å². The Morgan fingerprint density at radius 1 is 0.531 bits per heavy atom. The van der Waals surface area contributed by atoms with E-state index in [1.165, 1.54) is 30.3 Å². The zero-order valence-corrected chi connectivity index (χ0v) is 35.2. The van der Waals surface area contributed by atoms with Gasteiger partial charge in [-0.25, -0.2) is 14.4 Å². The molecule has 6 aromatic carbocycles. The number of benzene rings is 6. The Labute approximate surface area is 366 Å². The molecule has 0 aliphatic heterocycles. The van der Waals surface area contributed by atoms with E-state index in [2.05, 4.69) is 0 Å². The van der Waals surface area contributed by atoms with Gasteiger partial charge in [0.05, 0.1) is 22.3 Å². The average Bonchev–Trinajstić information content (AvgIpc) is 3.29. The van der Waals surface area contributed by atoms with Crippen LogP contribution in [0.25, 0.3) is 66.3 Å². The van der Waals surface area contributed by atoms with E-state index in [1.54, 1.807) is 18.2 Å². The number of aryl methyl sites for hydroxylation is 4. The van der Waals surface area contributed by atoms with Crippen LogP contribution in [0.2, 0.25) is 0 Å². The van der Waals surface area contributed by atoms with Crippen LogP contribution in [0.15, 0.2) is 161 Å². The molecule has 0 saturated heterocycles. The number of phenols is 3. The molecule has 0 saturated carbocycles. The summed E-state index contributed by atoms with van der Waals surface area (Å²) in [5, 5.41) is 34.4. The minimum Gasteiger partial charge on any atom is -0.508 e. The lowest BCUT2D eigenvalue weighted by Gasteiger charge is -2.16. The van der Waals surface area contributed by atoms with Crippen LogP contribution >= 0.6 is 0 Å². The molecule has 0 spiro atoms. The third kappa shape index (κ3) is 8.63. The molecule has 0 radical (unpaired) electrons. The predicted octanol–water partition coefficient (Wildman–Crippen LogP) is 11.3.